The molecule has 1 amide bonds. The number of halogens is 2. The lowest BCUT2D eigenvalue weighted by Gasteiger charge is -2.19. The standard InChI is InChI=1S/C16H14F2N4O/c1-10-3-4-11(8-19)16(20-10)22(2)9-15(23)21-14-6-12(17)5-13(18)7-14/h3-7H,9H2,1-2H3,(H,21,23). The molecule has 0 saturated heterocycles. The van der Waals surface area contributed by atoms with Gasteiger partial charge >= 0.3 is 0 Å². The summed E-state index contributed by atoms with van der Waals surface area (Å²) in [6.07, 6.45) is 0. The maximum absolute atomic E-state index is 13.1. The number of carbonyl (C=O) groups is 1. The zero-order chi connectivity index (χ0) is 17.0. The molecule has 0 fully saturated rings. The Kier molecular flexibility index (Phi) is 4.86. The molecular formula is C16H14F2N4O. The summed E-state index contributed by atoms with van der Waals surface area (Å²) in [5.74, 6) is -1.67. The smallest absolute Gasteiger partial charge is 0.243 e. The lowest BCUT2D eigenvalue weighted by molar-refractivity contribution is -0.114. The number of hydrogen-bond acceptors (Lipinski definition) is 4. The minimum atomic E-state index is -0.777. The van der Waals surface area contributed by atoms with Crippen LogP contribution in [-0.4, -0.2) is 24.5 Å². The summed E-state index contributed by atoms with van der Waals surface area (Å²) >= 11 is 0. The van der Waals surface area contributed by atoms with Gasteiger partial charge in [-0.3, -0.25) is 4.79 Å². The molecule has 0 bridgehead atoms. The van der Waals surface area contributed by atoms with Crippen molar-refractivity contribution in [3.05, 3.63) is 53.2 Å². The predicted molar refractivity (Wildman–Crippen MR) is 81.9 cm³/mol. The first kappa shape index (κ1) is 16.4. The zero-order valence-corrected chi connectivity index (χ0v) is 12.6. The average molecular weight is 316 g/mol. The number of anilines is 2. The molecule has 2 rings (SSSR count). The van der Waals surface area contributed by atoms with E-state index in [0.717, 1.165) is 18.2 Å². The number of benzene rings is 1. The van der Waals surface area contributed by atoms with Gasteiger partial charge in [0, 0.05) is 24.5 Å². The lowest BCUT2D eigenvalue weighted by atomic mass is 10.2. The van der Waals surface area contributed by atoms with Gasteiger partial charge in [0.1, 0.15) is 23.5 Å². The fraction of sp³-hybridized carbons (Fsp3) is 0.188. The highest BCUT2D eigenvalue weighted by atomic mass is 19.1. The van der Waals surface area contributed by atoms with E-state index in [-0.39, 0.29) is 12.2 Å². The van der Waals surface area contributed by atoms with Crippen LogP contribution in [0.3, 0.4) is 0 Å². The largest absolute Gasteiger partial charge is 0.349 e. The normalized spacial score (nSPS) is 10.0. The van der Waals surface area contributed by atoms with Gasteiger partial charge in [-0.25, -0.2) is 13.8 Å². The summed E-state index contributed by atoms with van der Waals surface area (Å²) in [4.78, 5) is 17.7. The zero-order valence-electron chi connectivity index (χ0n) is 12.6. The van der Waals surface area contributed by atoms with E-state index in [0.29, 0.717) is 17.1 Å². The van der Waals surface area contributed by atoms with Crippen LogP contribution in [0.1, 0.15) is 11.3 Å². The van der Waals surface area contributed by atoms with Crippen LogP contribution in [0.25, 0.3) is 0 Å². The van der Waals surface area contributed by atoms with Crippen molar-refractivity contribution in [1.82, 2.24) is 4.98 Å². The lowest BCUT2D eigenvalue weighted by Crippen LogP contribution is -2.31. The molecule has 1 aromatic carbocycles. The number of carbonyl (C=O) groups excluding carboxylic acids is 1. The van der Waals surface area contributed by atoms with Crippen LogP contribution in [0, 0.1) is 29.9 Å². The van der Waals surface area contributed by atoms with Crippen molar-refractivity contribution in [2.75, 3.05) is 23.8 Å². The number of nitriles is 1. The highest BCUT2D eigenvalue weighted by Gasteiger charge is 2.14. The van der Waals surface area contributed by atoms with E-state index in [4.69, 9.17) is 5.26 Å². The maximum atomic E-state index is 13.1. The van der Waals surface area contributed by atoms with Crippen molar-refractivity contribution < 1.29 is 13.6 Å². The molecule has 0 aliphatic heterocycles. The number of pyridine rings is 1. The molecule has 0 spiro atoms. The van der Waals surface area contributed by atoms with Gasteiger partial charge < -0.3 is 10.2 Å². The summed E-state index contributed by atoms with van der Waals surface area (Å²) in [6.45, 7) is 1.65. The summed E-state index contributed by atoms with van der Waals surface area (Å²) in [5.41, 5.74) is 1.07. The third kappa shape index (κ3) is 4.23. The molecule has 1 N–H and O–H groups in total. The minimum Gasteiger partial charge on any atom is -0.349 e. The van der Waals surface area contributed by atoms with Crippen molar-refractivity contribution in [3.8, 4) is 6.07 Å². The Morgan fingerprint density at radius 3 is 2.57 bits per heavy atom. The molecule has 0 aliphatic rings. The van der Waals surface area contributed by atoms with Crippen LogP contribution in [0.5, 0.6) is 0 Å². The van der Waals surface area contributed by atoms with E-state index in [1.165, 1.54) is 4.90 Å². The highest BCUT2D eigenvalue weighted by molar-refractivity contribution is 5.94. The summed E-state index contributed by atoms with van der Waals surface area (Å²) in [5, 5.41) is 11.5. The minimum absolute atomic E-state index is 0.0265. The van der Waals surface area contributed by atoms with Crippen molar-refractivity contribution >= 4 is 17.4 Å². The quantitative estimate of drug-likeness (QED) is 0.941. The number of nitrogens with one attached hydrogen (secondary N) is 1. The van der Waals surface area contributed by atoms with Crippen LogP contribution in [0.15, 0.2) is 30.3 Å². The molecule has 7 heteroatoms. The molecule has 2 aromatic rings. The van der Waals surface area contributed by atoms with Gasteiger partial charge in [0.15, 0.2) is 0 Å². The van der Waals surface area contributed by atoms with Gasteiger partial charge in [0.25, 0.3) is 0 Å². The van der Waals surface area contributed by atoms with Gasteiger partial charge in [-0.1, -0.05) is 0 Å². The van der Waals surface area contributed by atoms with Gasteiger partial charge in [0.2, 0.25) is 5.91 Å². The fourth-order valence-corrected chi connectivity index (χ4v) is 2.04. The molecule has 1 aromatic heterocycles. The third-order valence-corrected chi connectivity index (χ3v) is 3.02. The van der Waals surface area contributed by atoms with E-state index in [1.807, 2.05) is 6.07 Å². The topological polar surface area (TPSA) is 69.0 Å². The van der Waals surface area contributed by atoms with Crippen molar-refractivity contribution in [1.29, 1.82) is 5.26 Å². The molecule has 0 aliphatic carbocycles. The second-order valence-corrected chi connectivity index (χ2v) is 5.00. The number of aryl methyl sites for hydroxylation is 1. The number of aromatic nitrogens is 1. The summed E-state index contributed by atoms with van der Waals surface area (Å²) in [7, 11) is 1.61. The second-order valence-electron chi connectivity index (χ2n) is 5.00. The van der Waals surface area contributed by atoms with E-state index < -0.39 is 17.5 Å². The molecule has 118 valence electrons. The van der Waals surface area contributed by atoms with Crippen molar-refractivity contribution in [3.63, 3.8) is 0 Å². The van der Waals surface area contributed by atoms with Crippen molar-refractivity contribution in [2.24, 2.45) is 0 Å². The maximum Gasteiger partial charge on any atom is 0.243 e. The van der Waals surface area contributed by atoms with Crippen LogP contribution >= 0.6 is 0 Å². The van der Waals surface area contributed by atoms with E-state index in [9.17, 15) is 13.6 Å². The molecule has 23 heavy (non-hydrogen) atoms. The Labute approximate surface area is 132 Å². The molecule has 0 unspecified atom stereocenters. The Bertz CT molecular complexity index is 766. The Balaban J connectivity index is 2.11. The van der Waals surface area contributed by atoms with Crippen molar-refractivity contribution in [2.45, 2.75) is 6.92 Å². The number of amides is 1. The fourth-order valence-electron chi connectivity index (χ4n) is 2.04. The SMILES string of the molecule is Cc1ccc(C#N)c(N(C)CC(=O)Nc2cc(F)cc(F)c2)n1. The molecule has 1 heterocycles. The second kappa shape index (κ2) is 6.83. The number of likely N-dealkylation sites (N-methyl/N-ethyl adjacent to an activating group) is 1. The number of nitrogens with zero attached hydrogens (tertiary/aromatic N) is 3. The summed E-state index contributed by atoms with van der Waals surface area (Å²) < 4.78 is 26.2. The number of rotatable bonds is 4. The average Bonchev–Trinajstić information content (AvgIpc) is 2.45. The monoisotopic (exact) mass is 316 g/mol. The van der Waals surface area contributed by atoms with Crippen LogP contribution in [0.4, 0.5) is 20.3 Å². The molecule has 0 atom stereocenters. The Morgan fingerprint density at radius 2 is 1.96 bits per heavy atom. The Hall–Kier alpha value is -3.01. The molecule has 5 nitrogen and oxygen atoms in total. The summed E-state index contributed by atoms with van der Waals surface area (Å²) in [6, 6.07) is 8.09. The van der Waals surface area contributed by atoms with Crippen LogP contribution < -0.4 is 10.2 Å². The van der Waals surface area contributed by atoms with Crippen LogP contribution in [-0.2, 0) is 4.79 Å². The molecular weight excluding hydrogens is 302 g/mol. The first-order chi connectivity index (χ1) is 10.9. The van der Waals surface area contributed by atoms with Gasteiger partial charge in [-0.2, -0.15) is 5.26 Å². The van der Waals surface area contributed by atoms with E-state index in [2.05, 4.69) is 10.3 Å². The Morgan fingerprint density at radius 1 is 1.30 bits per heavy atom. The van der Waals surface area contributed by atoms with Gasteiger partial charge in [-0.05, 0) is 31.2 Å². The van der Waals surface area contributed by atoms with E-state index >= 15 is 0 Å². The van der Waals surface area contributed by atoms with Gasteiger partial charge in [-0.15, -0.1) is 0 Å². The third-order valence-electron chi connectivity index (χ3n) is 3.02. The first-order valence-corrected chi connectivity index (χ1v) is 6.74. The predicted octanol–water partition coefficient (Wildman–Crippen LogP) is 2.61. The number of hydrogen-bond donors (Lipinski definition) is 1. The molecule has 0 saturated carbocycles. The first-order valence-electron chi connectivity index (χ1n) is 6.74. The van der Waals surface area contributed by atoms with Gasteiger partial charge in [0.05, 0.1) is 12.1 Å². The highest BCUT2D eigenvalue weighted by Crippen LogP contribution is 2.17. The van der Waals surface area contributed by atoms with Crippen LogP contribution in [0.2, 0.25) is 0 Å². The van der Waals surface area contributed by atoms with E-state index in [1.54, 1.807) is 26.1 Å². The molecule has 0 radical (unpaired) electrons.